The van der Waals surface area contributed by atoms with Crippen LogP contribution in [0.25, 0.3) is 0 Å². The number of rotatable bonds is 3. The van der Waals surface area contributed by atoms with Crippen LogP contribution in [0.15, 0.2) is 140 Å². The molecule has 3 aliphatic rings. The maximum atomic E-state index is 11.4. The molecule has 3 aromatic carbocycles. The highest BCUT2D eigenvalue weighted by Crippen LogP contribution is 2.23. The van der Waals surface area contributed by atoms with Gasteiger partial charge in [0.1, 0.15) is 0 Å². The van der Waals surface area contributed by atoms with Crippen LogP contribution in [0.4, 0.5) is 17.1 Å². The van der Waals surface area contributed by atoms with Crippen molar-refractivity contribution in [1.29, 1.82) is 0 Å². The first-order valence-corrected chi connectivity index (χ1v) is 14.7. The van der Waals surface area contributed by atoms with Gasteiger partial charge >= 0.3 is 0 Å². The second kappa shape index (κ2) is 18.8. The number of nitrogens with zero attached hydrogens (tertiary/aromatic N) is 3. The van der Waals surface area contributed by atoms with E-state index in [4.69, 9.17) is 0 Å². The number of carbonyl (C=O) groups is 5. The van der Waals surface area contributed by atoms with E-state index in [0.717, 1.165) is 21.2 Å². The highest BCUT2D eigenvalue weighted by Gasteiger charge is 2.25. The van der Waals surface area contributed by atoms with E-state index < -0.39 is 0 Å². The highest BCUT2D eigenvalue weighted by molar-refractivity contribution is 6.28. The zero-order valence-corrected chi connectivity index (χ0v) is 26.1. The Bertz CT molecular complexity index is 1300. The van der Waals surface area contributed by atoms with Crippen LogP contribution in [0, 0.1) is 0 Å². The van der Waals surface area contributed by atoms with Crippen molar-refractivity contribution in [2.75, 3.05) is 14.7 Å². The predicted octanol–water partition coefficient (Wildman–Crippen LogP) is 7.17. The molecule has 8 heteroatoms. The second-order valence-corrected chi connectivity index (χ2v) is 9.61. The van der Waals surface area contributed by atoms with Gasteiger partial charge in [-0.3, -0.25) is 28.9 Å². The molecule has 3 aromatic rings. The molecule has 0 saturated carbocycles. The Morgan fingerprint density at radius 2 is 0.622 bits per heavy atom. The molecule has 5 amide bonds. The van der Waals surface area contributed by atoms with Crippen LogP contribution in [0.2, 0.25) is 0 Å². The van der Waals surface area contributed by atoms with E-state index in [-0.39, 0.29) is 29.5 Å². The smallest absolute Gasteiger partial charge is 0.258 e. The molecular formula is C37H39N3O5. The third-order valence-electron chi connectivity index (χ3n) is 5.59. The fourth-order valence-electron chi connectivity index (χ4n) is 3.79. The van der Waals surface area contributed by atoms with Crippen molar-refractivity contribution in [1.82, 2.24) is 0 Å². The molecule has 0 spiro atoms. The predicted molar refractivity (Wildman–Crippen MR) is 180 cm³/mol. The molecule has 3 aliphatic heterocycles. The summed E-state index contributed by atoms with van der Waals surface area (Å²) < 4.78 is 0. The average molecular weight is 606 g/mol. The van der Waals surface area contributed by atoms with Crippen LogP contribution in [-0.4, -0.2) is 29.5 Å². The van der Waals surface area contributed by atoms with Gasteiger partial charge in [-0.05, 0) is 42.5 Å². The number of hydrogen-bond donors (Lipinski definition) is 0. The lowest BCUT2D eigenvalue weighted by Crippen LogP contribution is -2.29. The van der Waals surface area contributed by atoms with Crippen molar-refractivity contribution in [3.05, 3.63) is 140 Å². The Labute approximate surface area is 265 Å². The molecule has 0 radical (unpaired) electrons. The van der Waals surface area contributed by atoms with E-state index >= 15 is 0 Å². The van der Waals surface area contributed by atoms with E-state index in [0.29, 0.717) is 11.4 Å². The number of para-hydroxylation sites is 3. The number of hydrogen-bond acceptors (Lipinski definition) is 5. The zero-order chi connectivity index (χ0) is 33.2. The Kier molecular flexibility index (Phi) is 14.9. The van der Waals surface area contributed by atoms with Gasteiger partial charge in [0.25, 0.3) is 29.5 Å². The Morgan fingerprint density at radius 3 is 0.867 bits per heavy atom. The average Bonchev–Trinajstić information content (AvgIpc) is 3.69. The number of allylic oxidation sites excluding steroid dienone is 1. The van der Waals surface area contributed by atoms with Gasteiger partial charge in [0.05, 0.1) is 11.4 Å². The van der Waals surface area contributed by atoms with Crippen molar-refractivity contribution >= 4 is 46.6 Å². The van der Waals surface area contributed by atoms with Crippen LogP contribution in [0.1, 0.15) is 40.5 Å². The minimum Gasteiger partial charge on any atom is -0.278 e. The quantitative estimate of drug-likeness (QED) is 0.295. The number of imide groups is 2. The van der Waals surface area contributed by atoms with Gasteiger partial charge in [-0.1, -0.05) is 102 Å². The summed E-state index contributed by atoms with van der Waals surface area (Å²) in [4.78, 5) is 60.0. The third-order valence-corrected chi connectivity index (χ3v) is 5.59. The monoisotopic (exact) mass is 605 g/mol. The van der Waals surface area contributed by atoms with Crippen molar-refractivity contribution in [2.45, 2.75) is 40.5 Å². The molecule has 3 heterocycles. The van der Waals surface area contributed by atoms with E-state index in [1.54, 1.807) is 59.5 Å². The largest absolute Gasteiger partial charge is 0.278 e. The van der Waals surface area contributed by atoms with Crippen molar-refractivity contribution in [2.24, 2.45) is 0 Å². The normalized spacial score (nSPS) is 14.3. The first kappa shape index (κ1) is 35.6. The summed E-state index contributed by atoms with van der Waals surface area (Å²) in [5.74, 6) is -1.16. The van der Waals surface area contributed by atoms with Crippen LogP contribution in [0.5, 0.6) is 0 Å². The summed E-state index contributed by atoms with van der Waals surface area (Å²) in [6.45, 7) is 12.3. The van der Waals surface area contributed by atoms with Gasteiger partial charge < -0.3 is 0 Å². The molecule has 0 aliphatic carbocycles. The van der Waals surface area contributed by atoms with E-state index in [9.17, 15) is 24.0 Å². The van der Waals surface area contributed by atoms with E-state index in [2.05, 4.69) is 34.3 Å². The minimum absolute atomic E-state index is 0.0313. The van der Waals surface area contributed by atoms with Crippen LogP contribution in [-0.2, 0) is 24.0 Å². The highest BCUT2D eigenvalue weighted by atomic mass is 16.2. The molecule has 45 heavy (non-hydrogen) atoms. The number of benzene rings is 3. The second-order valence-electron chi connectivity index (χ2n) is 9.61. The summed E-state index contributed by atoms with van der Waals surface area (Å²) in [7, 11) is 0. The Hall–Kier alpha value is -5.63. The third kappa shape index (κ3) is 10.5. The van der Waals surface area contributed by atoms with Gasteiger partial charge in [0, 0.05) is 41.8 Å². The summed E-state index contributed by atoms with van der Waals surface area (Å²) in [6, 6.07) is 27.2. The summed E-state index contributed by atoms with van der Waals surface area (Å²) in [5.41, 5.74) is 2.81. The summed E-state index contributed by atoms with van der Waals surface area (Å²) in [5, 5.41) is 0. The number of anilines is 3. The van der Waals surface area contributed by atoms with Crippen molar-refractivity contribution < 1.29 is 24.0 Å². The van der Waals surface area contributed by atoms with Crippen LogP contribution < -0.4 is 14.7 Å². The molecule has 0 atom stereocenters. The maximum absolute atomic E-state index is 11.4. The number of carbonyl (C=O) groups excluding carboxylic acids is 5. The lowest BCUT2D eigenvalue weighted by Gasteiger charge is -2.16. The van der Waals surface area contributed by atoms with E-state index in [1.165, 1.54) is 43.2 Å². The van der Waals surface area contributed by atoms with Gasteiger partial charge in [0.2, 0.25) is 0 Å². The van der Waals surface area contributed by atoms with Gasteiger partial charge in [-0.25, -0.2) is 9.80 Å². The van der Waals surface area contributed by atoms with Crippen LogP contribution in [0.3, 0.4) is 0 Å². The molecule has 232 valence electrons. The molecule has 0 aromatic heterocycles. The summed E-state index contributed by atoms with van der Waals surface area (Å²) in [6.07, 6.45) is 10.8. The molecular weight excluding hydrogens is 566 g/mol. The minimum atomic E-state index is -0.281. The van der Waals surface area contributed by atoms with E-state index in [1.807, 2.05) is 42.5 Å². The zero-order valence-electron chi connectivity index (χ0n) is 26.1. The standard InChI is InChI=1S/C11H9NO.2C10H7NO2.2C3H8/c1-9-7-8-11(13)12(9)10-5-3-2-4-6-10;2*12-9-6-7-10(13)11(9)8-4-2-1-3-5-8;2*1-3-2/h2-8H,1H2;2*1-7H;2*3H2,1-2H3. The molecule has 0 saturated heterocycles. The van der Waals surface area contributed by atoms with Crippen molar-refractivity contribution in [3.8, 4) is 0 Å². The molecule has 0 N–H and O–H groups in total. The van der Waals surface area contributed by atoms with Gasteiger partial charge in [-0.15, -0.1) is 0 Å². The van der Waals surface area contributed by atoms with Crippen molar-refractivity contribution in [3.63, 3.8) is 0 Å². The first-order valence-electron chi connectivity index (χ1n) is 14.7. The fraction of sp³-hybridized carbons (Fsp3) is 0.162. The first-order chi connectivity index (χ1) is 21.7. The molecule has 8 nitrogen and oxygen atoms in total. The molecule has 6 rings (SSSR count). The molecule has 0 unspecified atom stereocenters. The van der Waals surface area contributed by atoms with Gasteiger partial charge in [0.15, 0.2) is 0 Å². The fourth-order valence-corrected chi connectivity index (χ4v) is 3.79. The Balaban J connectivity index is 0.000000216. The topological polar surface area (TPSA) is 95.1 Å². The molecule has 0 bridgehead atoms. The lowest BCUT2D eigenvalue weighted by atomic mass is 10.3. The van der Waals surface area contributed by atoms with Gasteiger partial charge in [-0.2, -0.15) is 0 Å². The lowest BCUT2D eigenvalue weighted by molar-refractivity contribution is -0.121. The maximum Gasteiger partial charge on any atom is 0.258 e. The SMILES string of the molecule is C=C1C=CC(=O)N1c1ccccc1.CCC.CCC.O=C1C=CC(=O)N1c1ccccc1.O=C1C=CC(=O)N1c1ccccc1. The summed E-state index contributed by atoms with van der Waals surface area (Å²) >= 11 is 0. The Morgan fingerprint density at radius 1 is 0.400 bits per heavy atom. The van der Waals surface area contributed by atoms with Crippen LogP contribution >= 0.6 is 0 Å². The molecule has 0 fully saturated rings. The number of amides is 5.